The molecule has 6 nitrogen and oxygen atoms in total. The molecule has 2 aromatic rings. The van der Waals surface area contributed by atoms with E-state index >= 15 is 0 Å². The number of halogens is 2. The average molecular weight is 545 g/mol. The van der Waals surface area contributed by atoms with E-state index in [1.54, 1.807) is 18.2 Å². The van der Waals surface area contributed by atoms with Crippen LogP contribution in [0.25, 0.3) is 0 Å². The summed E-state index contributed by atoms with van der Waals surface area (Å²) in [5.74, 6) is -0.237. The third-order valence-electron chi connectivity index (χ3n) is 5.04. The van der Waals surface area contributed by atoms with Crippen molar-refractivity contribution >= 4 is 47.8 Å². The zero-order valence-corrected chi connectivity index (χ0v) is 20.1. The maximum absolute atomic E-state index is 12.9. The first-order valence-electron chi connectivity index (χ1n) is 9.47. The fraction of sp³-hybridized carbons (Fsp3) is 0.400. The highest BCUT2D eigenvalue weighted by atomic mass is 79.9. The molecular weight excluding hydrogens is 522 g/mol. The number of benzene rings is 1. The van der Waals surface area contributed by atoms with E-state index in [9.17, 15) is 13.2 Å². The quantitative estimate of drug-likeness (QED) is 0.598. The summed E-state index contributed by atoms with van der Waals surface area (Å²) in [4.78, 5) is 17.1. The van der Waals surface area contributed by atoms with Crippen LogP contribution in [0.2, 0.25) is 0 Å². The molecule has 1 aliphatic rings. The zero-order valence-electron chi connectivity index (χ0n) is 16.1. The molecule has 29 heavy (non-hydrogen) atoms. The van der Waals surface area contributed by atoms with Gasteiger partial charge in [0.1, 0.15) is 0 Å². The summed E-state index contributed by atoms with van der Waals surface area (Å²) in [5.41, 5.74) is 1.97. The topological polar surface area (TPSA) is 79.4 Å². The van der Waals surface area contributed by atoms with E-state index in [1.165, 1.54) is 4.31 Å². The van der Waals surface area contributed by atoms with Gasteiger partial charge in [0, 0.05) is 34.1 Å². The second-order valence-electron chi connectivity index (χ2n) is 7.01. The summed E-state index contributed by atoms with van der Waals surface area (Å²) in [6.07, 6.45) is 3.76. The highest BCUT2D eigenvalue weighted by molar-refractivity contribution is 9.11. The molecule has 156 valence electrons. The smallest absolute Gasteiger partial charge is 0.243 e. The molecule has 0 aliphatic carbocycles. The van der Waals surface area contributed by atoms with Crippen LogP contribution in [0, 0.1) is 5.92 Å². The summed E-state index contributed by atoms with van der Waals surface area (Å²) in [6, 6.07) is 8.91. The molecule has 3 rings (SSSR count). The first kappa shape index (κ1) is 22.4. The Hall–Kier alpha value is -1.29. The number of carbonyl (C=O) groups excluding carboxylic acids is 1. The Balaban J connectivity index is 1.55. The lowest BCUT2D eigenvalue weighted by Crippen LogP contribution is -2.42. The van der Waals surface area contributed by atoms with Crippen molar-refractivity contribution in [1.82, 2.24) is 14.6 Å². The van der Waals surface area contributed by atoms with Gasteiger partial charge in [0.25, 0.3) is 0 Å². The van der Waals surface area contributed by atoms with Crippen LogP contribution in [0.3, 0.4) is 0 Å². The Kier molecular flexibility index (Phi) is 7.47. The van der Waals surface area contributed by atoms with Gasteiger partial charge in [-0.15, -0.1) is 0 Å². The second-order valence-corrected chi connectivity index (χ2v) is 10.8. The Morgan fingerprint density at radius 2 is 1.83 bits per heavy atom. The second kappa shape index (κ2) is 9.68. The van der Waals surface area contributed by atoms with Crippen LogP contribution in [0.1, 0.15) is 31.0 Å². The lowest BCUT2D eigenvalue weighted by Gasteiger charge is -2.30. The predicted octanol–water partition coefficient (Wildman–Crippen LogP) is 3.89. The van der Waals surface area contributed by atoms with Gasteiger partial charge in [0.05, 0.1) is 17.1 Å². The van der Waals surface area contributed by atoms with Crippen LogP contribution in [0.4, 0.5) is 0 Å². The Morgan fingerprint density at radius 3 is 2.38 bits per heavy atom. The molecule has 0 atom stereocenters. The minimum Gasteiger partial charge on any atom is -0.350 e. The number of amides is 1. The first-order valence-corrected chi connectivity index (χ1v) is 12.5. The van der Waals surface area contributed by atoms with Gasteiger partial charge in [-0.1, -0.05) is 44.8 Å². The lowest BCUT2D eigenvalue weighted by molar-refractivity contribution is -0.126. The van der Waals surface area contributed by atoms with E-state index in [4.69, 9.17) is 0 Å². The van der Waals surface area contributed by atoms with Crippen molar-refractivity contribution in [3.05, 3.63) is 56.7 Å². The number of hydrogen-bond donors (Lipinski definition) is 1. The number of aromatic nitrogens is 1. The van der Waals surface area contributed by atoms with Crippen LogP contribution in [0.15, 0.2) is 50.4 Å². The Morgan fingerprint density at radius 1 is 1.17 bits per heavy atom. The first-order chi connectivity index (χ1) is 13.8. The fourth-order valence-electron chi connectivity index (χ4n) is 3.28. The summed E-state index contributed by atoms with van der Waals surface area (Å²) in [5, 5.41) is 2.92. The van der Waals surface area contributed by atoms with Gasteiger partial charge in [0.2, 0.25) is 15.9 Å². The Bertz CT molecular complexity index is 953. The summed E-state index contributed by atoms with van der Waals surface area (Å²) in [6.45, 7) is 3.11. The number of pyridine rings is 1. The number of nitrogens with zero attached hydrogens (tertiary/aromatic N) is 2. The molecule has 9 heteroatoms. The average Bonchev–Trinajstić information content (AvgIpc) is 2.71. The van der Waals surface area contributed by atoms with Crippen molar-refractivity contribution in [3.63, 3.8) is 0 Å². The van der Waals surface area contributed by atoms with E-state index in [0.29, 0.717) is 41.4 Å². The third kappa shape index (κ3) is 5.65. The van der Waals surface area contributed by atoms with E-state index in [2.05, 4.69) is 49.1 Å². The minimum atomic E-state index is -3.59. The normalized spacial score (nSPS) is 16.0. The van der Waals surface area contributed by atoms with Crippen LogP contribution in [-0.4, -0.2) is 36.7 Å². The molecule has 1 aromatic carbocycles. The number of rotatable bonds is 6. The molecule has 1 saturated heterocycles. The Labute approximate surface area is 188 Å². The largest absolute Gasteiger partial charge is 0.350 e. The standard InChI is InChI=1S/C20H23Br2N3O3S/c1-2-14-3-4-18(23-12-14)13-24-20(26)15-5-7-25(8-6-15)29(27,28)19-10-16(21)9-17(22)11-19/h3-4,9-12,15H,2,5-8,13H2,1H3,(H,24,26). The number of sulfonamides is 1. The molecule has 1 aromatic heterocycles. The maximum atomic E-state index is 12.9. The number of aryl methyl sites for hydroxylation is 1. The van der Waals surface area contributed by atoms with E-state index in [-0.39, 0.29) is 16.7 Å². The van der Waals surface area contributed by atoms with E-state index in [0.717, 1.165) is 17.7 Å². The minimum absolute atomic E-state index is 0.0476. The fourth-order valence-corrected chi connectivity index (χ4v) is 6.41. The maximum Gasteiger partial charge on any atom is 0.243 e. The number of nitrogens with one attached hydrogen (secondary N) is 1. The molecular formula is C20H23Br2N3O3S. The van der Waals surface area contributed by atoms with Crippen molar-refractivity contribution < 1.29 is 13.2 Å². The molecule has 1 amide bonds. The number of carbonyl (C=O) groups is 1. The molecule has 0 spiro atoms. The summed E-state index contributed by atoms with van der Waals surface area (Å²) in [7, 11) is -3.59. The molecule has 0 saturated carbocycles. The van der Waals surface area contributed by atoms with Gasteiger partial charge in [-0.3, -0.25) is 9.78 Å². The van der Waals surface area contributed by atoms with E-state index < -0.39 is 10.0 Å². The molecule has 0 unspecified atom stereocenters. The van der Waals surface area contributed by atoms with Crippen LogP contribution in [-0.2, 0) is 27.8 Å². The monoisotopic (exact) mass is 543 g/mol. The van der Waals surface area contributed by atoms with Crippen molar-refractivity contribution in [2.24, 2.45) is 5.92 Å². The highest BCUT2D eigenvalue weighted by Gasteiger charge is 2.32. The zero-order chi connectivity index (χ0) is 21.0. The van der Waals surface area contributed by atoms with Gasteiger partial charge >= 0.3 is 0 Å². The van der Waals surface area contributed by atoms with E-state index in [1.807, 2.05) is 18.3 Å². The molecule has 0 radical (unpaired) electrons. The van der Waals surface area contributed by atoms with Gasteiger partial charge in [-0.25, -0.2) is 8.42 Å². The van der Waals surface area contributed by atoms with Crippen LogP contribution < -0.4 is 5.32 Å². The molecule has 0 bridgehead atoms. The van der Waals surface area contributed by atoms with Crippen molar-refractivity contribution in [2.75, 3.05) is 13.1 Å². The molecule has 1 N–H and O–H groups in total. The van der Waals surface area contributed by atoms with Crippen LogP contribution in [0.5, 0.6) is 0 Å². The summed E-state index contributed by atoms with van der Waals surface area (Å²) < 4.78 is 28.7. The van der Waals surface area contributed by atoms with Crippen molar-refractivity contribution in [1.29, 1.82) is 0 Å². The third-order valence-corrected chi connectivity index (χ3v) is 7.83. The van der Waals surface area contributed by atoms with Crippen molar-refractivity contribution in [3.8, 4) is 0 Å². The van der Waals surface area contributed by atoms with Gasteiger partial charge in [-0.05, 0) is 49.1 Å². The molecule has 2 heterocycles. The molecule has 1 fully saturated rings. The van der Waals surface area contributed by atoms with Gasteiger partial charge in [0.15, 0.2) is 0 Å². The summed E-state index contributed by atoms with van der Waals surface area (Å²) >= 11 is 6.66. The highest BCUT2D eigenvalue weighted by Crippen LogP contribution is 2.28. The number of hydrogen-bond acceptors (Lipinski definition) is 4. The van der Waals surface area contributed by atoms with Crippen LogP contribution >= 0.6 is 31.9 Å². The SMILES string of the molecule is CCc1ccc(CNC(=O)C2CCN(S(=O)(=O)c3cc(Br)cc(Br)c3)CC2)nc1. The van der Waals surface area contributed by atoms with Crippen molar-refractivity contribution in [2.45, 2.75) is 37.6 Å². The van der Waals surface area contributed by atoms with Gasteiger partial charge < -0.3 is 5.32 Å². The molecule has 1 aliphatic heterocycles. The lowest BCUT2D eigenvalue weighted by atomic mass is 9.97. The predicted molar refractivity (Wildman–Crippen MR) is 119 cm³/mol. The van der Waals surface area contributed by atoms with Gasteiger partial charge in [-0.2, -0.15) is 4.31 Å². The number of piperidine rings is 1.